The summed E-state index contributed by atoms with van der Waals surface area (Å²) in [5, 5.41) is 0.759. The third-order valence-corrected chi connectivity index (χ3v) is 5.16. The molecule has 1 heterocycles. The number of benzene rings is 2. The van der Waals surface area contributed by atoms with E-state index in [1.807, 2.05) is 38.3 Å². The number of rotatable bonds is 5. The molecule has 27 heavy (non-hydrogen) atoms. The van der Waals surface area contributed by atoms with Gasteiger partial charge < -0.3 is 13.9 Å². The van der Waals surface area contributed by atoms with E-state index in [-0.39, 0.29) is 6.61 Å². The van der Waals surface area contributed by atoms with E-state index in [9.17, 15) is 9.59 Å². The quantitative estimate of drug-likeness (QED) is 0.367. The molecule has 3 rings (SSSR count). The third-order valence-electron chi connectivity index (χ3n) is 4.43. The fourth-order valence-corrected chi connectivity index (χ4v) is 3.22. The van der Waals surface area contributed by atoms with Gasteiger partial charge in [-0.15, -0.1) is 11.8 Å². The van der Waals surface area contributed by atoms with E-state index >= 15 is 0 Å². The van der Waals surface area contributed by atoms with Crippen molar-refractivity contribution >= 4 is 28.7 Å². The van der Waals surface area contributed by atoms with Crippen molar-refractivity contribution in [1.29, 1.82) is 0 Å². The van der Waals surface area contributed by atoms with Gasteiger partial charge in [0, 0.05) is 21.9 Å². The predicted octanol–water partition coefficient (Wildman–Crippen LogP) is 4.50. The molecule has 5 nitrogen and oxygen atoms in total. The van der Waals surface area contributed by atoms with Crippen LogP contribution in [-0.4, -0.2) is 19.3 Å². The van der Waals surface area contributed by atoms with Crippen molar-refractivity contribution in [1.82, 2.24) is 0 Å². The molecule has 3 aromatic rings. The topological polar surface area (TPSA) is 65.7 Å². The van der Waals surface area contributed by atoms with Gasteiger partial charge in [-0.1, -0.05) is 0 Å². The summed E-state index contributed by atoms with van der Waals surface area (Å²) in [4.78, 5) is 25.4. The lowest BCUT2D eigenvalue weighted by Gasteiger charge is -2.11. The maximum Gasteiger partial charge on any atom is 0.342 e. The molecular formula is C21H20O5S. The van der Waals surface area contributed by atoms with Crippen LogP contribution in [0.15, 0.2) is 50.5 Å². The average molecular weight is 384 g/mol. The molecule has 0 unspecified atom stereocenters. The van der Waals surface area contributed by atoms with Crippen LogP contribution in [0.1, 0.15) is 27.0 Å². The van der Waals surface area contributed by atoms with Crippen molar-refractivity contribution in [3.05, 3.63) is 69.1 Å². The molecule has 0 amide bonds. The number of methoxy groups -OCH3 is 1. The van der Waals surface area contributed by atoms with E-state index in [1.54, 1.807) is 23.9 Å². The molecule has 0 bridgehead atoms. The minimum Gasteiger partial charge on any atom is -0.496 e. The monoisotopic (exact) mass is 384 g/mol. The Bertz CT molecular complexity index is 1070. The fraction of sp³-hybridized carbons (Fsp3) is 0.238. The molecule has 0 spiro atoms. The first-order valence-corrected chi connectivity index (χ1v) is 9.58. The first-order valence-electron chi connectivity index (χ1n) is 8.36. The number of thioether (sulfide) groups is 1. The highest BCUT2D eigenvalue weighted by Crippen LogP contribution is 2.27. The van der Waals surface area contributed by atoms with Gasteiger partial charge in [0.2, 0.25) is 0 Å². The zero-order chi connectivity index (χ0) is 19.6. The zero-order valence-corrected chi connectivity index (χ0v) is 16.4. The van der Waals surface area contributed by atoms with E-state index in [0.29, 0.717) is 22.5 Å². The molecule has 0 atom stereocenters. The minimum absolute atomic E-state index is 0.0309. The van der Waals surface area contributed by atoms with Gasteiger partial charge in [0.05, 0.1) is 7.11 Å². The van der Waals surface area contributed by atoms with Crippen molar-refractivity contribution in [2.24, 2.45) is 0 Å². The van der Waals surface area contributed by atoms with Gasteiger partial charge in [-0.2, -0.15) is 0 Å². The first kappa shape index (κ1) is 19.0. The average Bonchev–Trinajstić information content (AvgIpc) is 2.66. The summed E-state index contributed by atoms with van der Waals surface area (Å²) in [7, 11) is 1.51. The molecule has 0 N–H and O–H groups in total. The third kappa shape index (κ3) is 4.01. The molecule has 140 valence electrons. The van der Waals surface area contributed by atoms with Crippen molar-refractivity contribution in [3.8, 4) is 5.75 Å². The smallest absolute Gasteiger partial charge is 0.342 e. The largest absolute Gasteiger partial charge is 0.496 e. The van der Waals surface area contributed by atoms with Gasteiger partial charge in [-0.25, -0.2) is 9.59 Å². The van der Waals surface area contributed by atoms with E-state index in [1.165, 1.54) is 13.2 Å². The molecule has 0 fully saturated rings. The minimum atomic E-state index is -0.510. The van der Waals surface area contributed by atoms with Gasteiger partial charge in [0.15, 0.2) is 0 Å². The van der Waals surface area contributed by atoms with Crippen molar-refractivity contribution in [2.45, 2.75) is 25.3 Å². The summed E-state index contributed by atoms with van der Waals surface area (Å²) < 4.78 is 16.0. The van der Waals surface area contributed by atoms with Crippen LogP contribution in [0.25, 0.3) is 11.0 Å². The number of ether oxygens (including phenoxy) is 2. The zero-order valence-electron chi connectivity index (χ0n) is 15.6. The Kier molecular flexibility index (Phi) is 5.56. The van der Waals surface area contributed by atoms with Crippen LogP contribution in [0.3, 0.4) is 0 Å². The van der Waals surface area contributed by atoms with Crippen LogP contribution in [0.5, 0.6) is 5.75 Å². The highest BCUT2D eigenvalue weighted by Gasteiger charge is 2.16. The van der Waals surface area contributed by atoms with Crippen LogP contribution in [0, 0.1) is 13.8 Å². The second kappa shape index (κ2) is 7.88. The van der Waals surface area contributed by atoms with Crippen LogP contribution in [0.2, 0.25) is 0 Å². The van der Waals surface area contributed by atoms with Gasteiger partial charge in [-0.3, -0.25) is 0 Å². The lowest BCUT2D eigenvalue weighted by atomic mass is 10.0. The van der Waals surface area contributed by atoms with E-state index in [2.05, 4.69) is 0 Å². The maximum absolute atomic E-state index is 12.5. The first-order chi connectivity index (χ1) is 12.9. The summed E-state index contributed by atoms with van der Waals surface area (Å²) in [5.41, 5.74) is 3.06. The number of carbonyl (C=O) groups excluding carboxylic acids is 1. The van der Waals surface area contributed by atoms with Crippen LogP contribution in [-0.2, 0) is 11.3 Å². The van der Waals surface area contributed by atoms with Crippen LogP contribution >= 0.6 is 11.8 Å². The summed E-state index contributed by atoms with van der Waals surface area (Å²) in [6.45, 7) is 3.90. The normalized spacial score (nSPS) is 10.8. The standard InChI is InChI=1S/C21H20O5S/c1-12-7-17-14(9-20(22)26-19(17)8-13(12)2)11-25-21(23)16-6-5-15(27-4)10-18(16)24-3/h5-10H,11H2,1-4H3. The molecule has 0 aliphatic carbocycles. The van der Waals surface area contributed by atoms with Gasteiger partial charge in [0.1, 0.15) is 23.5 Å². The second-order valence-electron chi connectivity index (χ2n) is 6.17. The number of hydrogen-bond donors (Lipinski definition) is 0. The molecule has 6 heteroatoms. The molecule has 0 aliphatic rings. The highest BCUT2D eigenvalue weighted by atomic mass is 32.2. The predicted molar refractivity (Wildman–Crippen MR) is 106 cm³/mol. The molecule has 1 aromatic heterocycles. The lowest BCUT2D eigenvalue weighted by molar-refractivity contribution is 0.0470. The number of carbonyl (C=O) groups is 1. The molecule has 0 saturated heterocycles. The molecule has 0 radical (unpaired) electrons. The Balaban J connectivity index is 1.90. The Hall–Kier alpha value is -2.73. The summed E-state index contributed by atoms with van der Waals surface area (Å²) in [6, 6.07) is 10.4. The summed E-state index contributed by atoms with van der Waals surface area (Å²) in [6.07, 6.45) is 1.95. The Morgan fingerprint density at radius 3 is 2.56 bits per heavy atom. The van der Waals surface area contributed by atoms with Crippen LogP contribution < -0.4 is 10.4 Å². The number of esters is 1. The molecular weight excluding hydrogens is 364 g/mol. The lowest BCUT2D eigenvalue weighted by Crippen LogP contribution is -2.09. The summed E-state index contributed by atoms with van der Waals surface area (Å²) >= 11 is 1.56. The van der Waals surface area contributed by atoms with Crippen molar-refractivity contribution in [2.75, 3.05) is 13.4 Å². The van der Waals surface area contributed by atoms with Gasteiger partial charge in [0.25, 0.3) is 0 Å². The van der Waals surface area contributed by atoms with E-state index < -0.39 is 11.6 Å². The number of hydrogen-bond acceptors (Lipinski definition) is 6. The fourth-order valence-electron chi connectivity index (χ4n) is 2.79. The van der Waals surface area contributed by atoms with Gasteiger partial charge >= 0.3 is 11.6 Å². The van der Waals surface area contributed by atoms with E-state index in [4.69, 9.17) is 13.9 Å². The maximum atomic E-state index is 12.5. The SMILES string of the molecule is COc1cc(SC)ccc1C(=O)OCc1cc(=O)oc2cc(C)c(C)cc12. The number of aryl methyl sites for hydroxylation is 2. The van der Waals surface area contributed by atoms with E-state index in [0.717, 1.165) is 21.4 Å². The molecule has 0 aliphatic heterocycles. The van der Waals surface area contributed by atoms with Crippen LogP contribution in [0.4, 0.5) is 0 Å². The Labute approximate surface area is 161 Å². The second-order valence-corrected chi connectivity index (χ2v) is 7.05. The van der Waals surface area contributed by atoms with Crippen molar-refractivity contribution in [3.63, 3.8) is 0 Å². The summed E-state index contributed by atoms with van der Waals surface area (Å²) in [5.74, 6) is -0.0551. The molecule has 2 aromatic carbocycles. The Morgan fingerprint density at radius 2 is 1.85 bits per heavy atom. The Morgan fingerprint density at radius 1 is 1.11 bits per heavy atom. The highest BCUT2D eigenvalue weighted by molar-refractivity contribution is 7.98. The van der Waals surface area contributed by atoms with Gasteiger partial charge in [-0.05, 0) is 61.6 Å². The van der Waals surface area contributed by atoms with Crippen molar-refractivity contribution < 1.29 is 18.7 Å². The molecule has 0 saturated carbocycles. The number of fused-ring (bicyclic) bond motifs is 1.